The fourth-order valence-electron chi connectivity index (χ4n) is 2.27. The molecule has 0 aliphatic rings. The summed E-state index contributed by atoms with van der Waals surface area (Å²) in [6.45, 7) is -0.151. The van der Waals surface area contributed by atoms with Gasteiger partial charge >= 0.3 is 5.97 Å². The summed E-state index contributed by atoms with van der Waals surface area (Å²) in [5.74, 6) is -0.441. The van der Waals surface area contributed by atoms with Gasteiger partial charge in [0.05, 0.1) is 27.2 Å². The van der Waals surface area contributed by atoms with Gasteiger partial charge in [-0.25, -0.2) is 0 Å². The molecule has 160 valence electrons. The van der Waals surface area contributed by atoms with Gasteiger partial charge < -0.3 is 25.4 Å². The first-order valence-corrected chi connectivity index (χ1v) is 10.4. The monoisotopic (exact) mass is 425 g/mol. The van der Waals surface area contributed by atoms with Crippen molar-refractivity contribution in [1.29, 1.82) is 0 Å². The number of ether oxygens (including phenoxy) is 2. The molecule has 3 N–H and O–H groups in total. The summed E-state index contributed by atoms with van der Waals surface area (Å²) in [4.78, 5) is 47.7. The topological polar surface area (TPSA) is 123 Å². The first-order valence-electron chi connectivity index (χ1n) is 8.96. The molecule has 1 atom stereocenters. The van der Waals surface area contributed by atoms with Crippen LogP contribution in [0.4, 0.5) is 0 Å². The molecule has 1 aromatic rings. The van der Waals surface area contributed by atoms with Crippen molar-refractivity contribution in [3.05, 3.63) is 29.8 Å². The molecule has 0 bridgehead atoms. The summed E-state index contributed by atoms with van der Waals surface area (Å²) in [6, 6.07) is 5.70. The molecule has 0 radical (unpaired) electrons. The number of nitrogens with one attached hydrogen (secondary N) is 3. The van der Waals surface area contributed by atoms with Crippen LogP contribution in [0.25, 0.3) is 0 Å². The number of hydrogen-bond acceptors (Lipinski definition) is 7. The maximum atomic E-state index is 12.3. The third kappa shape index (κ3) is 9.33. The third-order valence-electron chi connectivity index (χ3n) is 3.88. The van der Waals surface area contributed by atoms with E-state index in [1.807, 2.05) is 6.26 Å². The zero-order valence-corrected chi connectivity index (χ0v) is 17.6. The highest BCUT2D eigenvalue weighted by atomic mass is 32.2. The molecule has 1 rings (SSSR count). The van der Waals surface area contributed by atoms with Gasteiger partial charge in [0.1, 0.15) is 11.8 Å². The van der Waals surface area contributed by atoms with E-state index in [2.05, 4.69) is 20.7 Å². The van der Waals surface area contributed by atoms with E-state index in [0.717, 1.165) is 0 Å². The van der Waals surface area contributed by atoms with Gasteiger partial charge in [0.15, 0.2) is 0 Å². The molecule has 3 amide bonds. The second-order valence-corrected chi connectivity index (χ2v) is 6.92. The molecule has 0 saturated carbocycles. The Morgan fingerprint density at radius 1 is 1.07 bits per heavy atom. The lowest BCUT2D eigenvalue weighted by atomic mass is 10.2. The predicted octanol–water partition coefficient (Wildman–Crippen LogP) is 0.342. The fraction of sp³-hybridized carbons (Fsp3) is 0.474. The quantitative estimate of drug-likeness (QED) is 0.413. The van der Waals surface area contributed by atoms with Crippen LogP contribution < -0.4 is 20.7 Å². The molecule has 0 aliphatic carbocycles. The summed E-state index contributed by atoms with van der Waals surface area (Å²) in [6.07, 6.45) is 2.36. The van der Waals surface area contributed by atoms with E-state index in [1.54, 1.807) is 24.3 Å². The number of hydrogen-bond donors (Lipinski definition) is 3. The normalized spacial score (nSPS) is 11.1. The molecule has 0 aliphatic heterocycles. The van der Waals surface area contributed by atoms with Gasteiger partial charge in [-0.3, -0.25) is 19.2 Å². The molecule has 0 heterocycles. The Labute approximate surface area is 174 Å². The molecule has 9 nitrogen and oxygen atoms in total. The van der Waals surface area contributed by atoms with Gasteiger partial charge in [0.25, 0.3) is 5.91 Å². The molecule has 0 saturated heterocycles. The first kappa shape index (κ1) is 24.3. The van der Waals surface area contributed by atoms with E-state index in [4.69, 9.17) is 4.74 Å². The Bertz CT molecular complexity index is 696. The second kappa shape index (κ2) is 13.4. The van der Waals surface area contributed by atoms with Crippen LogP contribution in [0.3, 0.4) is 0 Å². The molecular weight excluding hydrogens is 398 g/mol. The van der Waals surface area contributed by atoms with Gasteiger partial charge in [-0.15, -0.1) is 0 Å². The van der Waals surface area contributed by atoms with Gasteiger partial charge in [-0.1, -0.05) is 0 Å². The van der Waals surface area contributed by atoms with Gasteiger partial charge in [0.2, 0.25) is 11.8 Å². The van der Waals surface area contributed by atoms with Crippen molar-refractivity contribution in [3.63, 3.8) is 0 Å². The molecule has 0 spiro atoms. The number of amides is 3. The molecular formula is C19H27N3O6S. The summed E-state index contributed by atoms with van der Waals surface area (Å²) in [7, 11) is 2.80. The standard InChI is InChI=1S/C19H27N3O6S/c1-27-14-6-4-13(5-7-14)18(25)21-12-16(23)22-15(9-11-29-3)19(26)20-10-8-17(24)28-2/h4-7,15H,8-12H2,1-3H3,(H,20,26)(H,21,25)(H,22,23)/t15-/m1/s1. The lowest BCUT2D eigenvalue weighted by Gasteiger charge is -2.18. The minimum Gasteiger partial charge on any atom is -0.497 e. The average Bonchev–Trinajstić information content (AvgIpc) is 2.74. The largest absolute Gasteiger partial charge is 0.497 e. The van der Waals surface area contributed by atoms with Crippen LogP contribution in [-0.2, 0) is 19.1 Å². The maximum Gasteiger partial charge on any atom is 0.307 e. The van der Waals surface area contributed by atoms with Crippen LogP contribution in [-0.4, -0.2) is 69.1 Å². The molecule has 1 aromatic carbocycles. The van der Waals surface area contributed by atoms with Crippen molar-refractivity contribution < 1.29 is 28.7 Å². The Balaban J connectivity index is 2.52. The fourth-order valence-corrected chi connectivity index (χ4v) is 2.74. The van der Waals surface area contributed by atoms with E-state index >= 15 is 0 Å². The lowest BCUT2D eigenvalue weighted by Crippen LogP contribution is -2.50. The van der Waals surface area contributed by atoms with Crippen LogP contribution in [0.5, 0.6) is 5.75 Å². The van der Waals surface area contributed by atoms with Gasteiger partial charge in [-0.2, -0.15) is 11.8 Å². The van der Waals surface area contributed by atoms with E-state index in [9.17, 15) is 19.2 Å². The van der Waals surface area contributed by atoms with E-state index in [-0.39, 0.29) is 19.5 Å². The lowest BCUT2D eigenvalue weighted by molar-refractivity contribution is -0.140. The van der Waals surface area contributed by atoms with E-state index in [1.165, 1.54) is 26.0 Å². The first-order chi connectivity index (χ1) is 13.9. The number of thioether (sulfide) groups is 1. The van der Waals surface area contributed by atoms with Crippen molar-refractivity contribution in [2.24, 2.45) is 0 Å². The average molecular weight is 426 g/mol. The van der Waals surface area contributed by atoms with Crippen molar-refractivity contribution in [2.75, 3.05) is 39.3 Å². The predicted molar refractivity (Wildman–Crippen MR) is 110 cm³/mol. The van der Waals surface area contributed by atoms with Crippen molar-refractivity contribution >= 4 is 35.5 Å². The minimum absolute atomic E-state index is 0.0450. The van der Waals surface area contributed by atoms with Crippen molar-refractivity contribution in [3.8, 4) is 5.75 Å². The zero-order valence-electron chi connectivity index (χ0n) is 16.8. The highest BCUT2D eigenvalue weighted by molar-refractivity contribution is 7.98. The number of benzene rings is 1. The third-order valence-corrected chi connectivity index (χ3v) is 4.52. The molecule has 29 heavy (non-hydrogen) atoms. The highest BCUT2D eigenvalue weighted by Gasteiger charge is 2.20. The van der Waals surface area contributed by atoms with Gasteiger partial charge in [0, 0.05) is 12.1 Å². The van der Waals surface area contributed by atoms with Crippen molar-refractivity contribution in [2.45, 2.75) is 18.9 Å². The second-order valence-electron chi connectivity index (χ2n) is 5.93. The minimum atomic E-state index is -0.759. The Hall–Kier alpha value is -2.75. The number of carbonyl (C=O) groups is 4. The van der Waals surface area contributed by atoms with Crippen LogP contribution in [0.1, 0.15) is 23.2 Å². The van der Waals surface area contributed by atoms with Crippen molar-refractivity contribution in [1.82, 2.24) is 16.0 Å². The molecule has 0 aromatic heterocycles. The molecule has 0 fully saturated rings. The molecule has 0 unspecified atom stereocenters. The summed E-state index contributed by atoms with van der Waals surface area (Å²) in [5, 5.41) is 7.73. The van der Waals surface area contributed by atoms with Crippen LogP contribution in [0, 0.1) is 0 Å². The summed E-state index contributed by atoms with van der Waals surface area (Å²) >= 11 is 1.54. The zero-order chi connectivity index (χ0) is 21.6. The maximum absolute atomic E-state index is 12.3. The number of rotatable bonds is 12. The Morgan fingerprint density at radius 3 is 2.34 bits per heavy atom. The van der Waals surface area contributed by atoms with Crippen LogP contribution in [0.15, 0.2) is 24.3 Å². The van der Waals surface area contributed by atoms with Gasteiger partial charge in [-0.05, 0) is 42.7 Å². The Morgan fingerprint density at radius 2 is 1.76 bits per heavy atom. The summed E-state index contributed by atoms with van der Waals surface area (Å²) in [5.41, 5.74) is 0.387. The van der Waals surface area contributed by atoms with Crippen LogP contribution in [0.2, 0.25) is 0 Å². The van der Waals surface area contributed by atoms with E-state index < -0.39 is 29.7 Å². The number of esters is 1. The number of methoxy groups -OCH3 is 2. The number of carbonyl (C=O) groups excluding carboxylic acids is 4. The summed E-state index contributed by atoms with van der Waals surface area (Å²) < 4.78 is 9.55. The highest BCUT2D eigenvalue weighted by Crippen LogP contribution is 2.11. The SMILES string of the molecule is COC(=O)CCNC(=O)[C@@H](CCSC)NC(=O)CNC(=O)c1ccc(OC)cc1. The van der Waals surface area contributed by atoms with E-state index in [0.29, 0.717) is 23.5 Å². The molecule has 10 heteroatoms. The smallest absolute Gasteiger partial charge is 0.307 e. The Kier molecular flexibility index (Phi) is 11.2. The van der Waals surface area contributed by atoms with Crippen LogP contribution >= 0.6 is 11.8 Å².